The molecule has 0 radical (unpaired) electrons. The largest absolute Gasteiger partial charge is 0.384 e. The van der Waals surface area contributed by atoms with Gasteiger partial charge in [-0.15, -0.1) is 17.8 Å². The highest BCUT2D eigenvalue weighted by Gasteiger charge is 2.17. The molecule has 128 valence electrons. The second-order valence-corrected chi connectivity index (χ2v) is 6.85. The minimum Gasteiger partial charge on any atom is -0.384 e. The van der Waals surface area contributed by atoms with E-state index in [9.17, 15) is 4.79 Å². The molecule has 0 saturated heterocycles. The maximum absolute atomic E-state index is 13.1. The molecule has 0 atom stereocenters. The van der Waals surface area contributed by atoms with E-state index < -0.39 is 0 Å². The summed E-state index contributed by atoms with van der Waals surface area (Å²) in [4.78, 5) is 18.5. The molecule has 5 heteroatoms. The Kier molecular flexibility index (Phi) is 5.03. The molecule has 0 aliphatic rings. The highest BCUT2D eigenvalue weighted by atomic mass is 32.1. The van der Waals surface area contributed by atoms with Gasteiger partial charge in [-0.3, -0.25) is 9.36 Å². The van der Waals surface area contributed by atoms with Crippen LogP contribution in [-0.2, 0) is 17.7 Å². The third-order valence-electron chi connectivity index (χ3n) is 4.37. The van der Waals surface area contributed by atoms with Gasteiger partial charge in [-0.2, -0.15) is 0 Å². The molecule has 0 unspecified atom stereocenters. The van der Waals surface area contributed by atoms with E-state index in [0.29, 0.717) is 24.2 Å². The van der Waals surface area contributed by atoms with Gasteiger partial charge in [-0.1, -0.05) is 24.1 Å². The fourth-order valence-corrected chi connectivity index (χ4v) is 3.78. The van der Waals surface area contributed by atoms with Crippen molar-refractivity contribution < 1.29 is 4.74 Å². The van der Waals surface area contributed by atoms with Crippen LogP contribution in [-0.4, -0.2) is 23.3 Å². The van der Waals surface area contributed by atoms with Gasteiger partial charge in [0.25, 0.3) is 5.56 Å². The Morgan fingerprint density at radius 1 is 1.32 bits per heavy atom. The van der Waals surface area contributed by atoms with E-state index >= 15 is 0 Å². The first-order chi connectivity index (χ1) is 12.1. The monoisotopic (exact) mass is 352 g/mol. The van der Waals surface area contributed by atoms with E-state index in [1.807, 2.05) is 11.4 Å². The van der Waals surface area contributed by atoms with Gasteiger partial charge in [0.15, 0.2) is 0 Å². The molecular weight excluding hydrogens is 332 g/mol. The van der Waals surface area contributed by atoms with Crippen molar-refractivity contribution in [1.29, 1.82) is 0 Å². The molecule has 2 aromatic heterocycles. The fraction of sp³-hybridized carbons (Fsp3) is 0.300. The molecule has 3 rings (SSSR count). The lowest BCUT2D eigenvalue weighted by Gasteiger charge is -2.10. The first kappa shape index (κ1) is 17.4. The van der Waals surface area contributed by atoms with Crippen molar-refractivity contribution in [2.45, 2.75) is 26.8 Å². The van der Waals surface area contributed by atoms with Crippen molar-refractivity contribution >= 4 is 21.6 Å². The van der Waals surface area contributed by atoms with Gasteiger partial charge in [0, 0.05) is 24.5 Å². The highest BCUT2D eigenvalue weighted by Crippen LogP contribution is 2.32. The summed E-state index contributed by atoms with van der Waals surface area (Å²) in [6, 6.07) is 6.24. The van der Waals surface area contributed by atoms with E-state index in [2.05, 4.69) is 36.9 Å². The van der Waals surface area contributed by atoms with Crippen molar-refractivity contribution in [2.75, 3.05) is 13.7 Å². The van der Waals surface area contributed by atoms with Crippen LogP contribution < -0.4 is 5.56 Å². The SMILES string of the molecule is C#CCn1c(CCOC)nc2scc(-c3ccc(C)c(C)c3)c2c1=O. The lowest BCUT2D eigenvalue weighted by Crippen LogP contribution is -2.25. The zero-order valence-corrected chi connectivity index (χ0v) is 15.4. The molecule has 0 saturated carbocycles. The fourth-order valence-electron chi connectivity index (χ4n) is 2.83. The number of thiophene rings is 1. The van der Waals surface area contributed by atoms with E-state index in [1.54, 1.807) is 11.7 Å². The van der Waals surface area contributed by atoms with Crippen LogP contribution in [0.4, 0.5) is 0 Å². The number of hydrogen-bond donors (Lipinski definition) is 0. The normalized spacial score (nSPS) is 11.0. The molecule has 1 aromatic carbocycles. The van der Waals surface area contributed by atoms with Gasteiger partial charge < -0.3 is 4.74 Å². The van der Waals surface area contributed by atoms with Crippen LogP contribution in [0.15, 0.2) is 28.4 Å². The molecule has 0 aliphatic heterocycles. The predicted octanol–water partition coefficient (Wildman–Crippen LogP) is 3.56. The second kappa shape index (κ2) is 7.22. The summed E-state index contributed by atoms with van der Waals surface area (Å²) in [5.74, 6) is 3.23. The first-order valence-corrected chi connectivity index (χ1v) is 8.95. The second-order valence-electron chi connectivity index (χ2n) is 5.99. The number of hydrogen-bond acceptors (Lipinski definition) is 4. The molecule has 0 spiro atoms. The number of aromatic nitrogens is 2. The Morgan fingerprint density at radius 3 is 2.80 bits per heavy atom. The summed E-state index contributed by atoms with van der Waals surface area (Å²) < 4.78 is 6.71. The first-order valence-electron chi connectivity index (χ1n) is 8.07. The number of methoxy groups -OCH3 is 1. The molecule has 0 aliphatic carbocycles. The van der Waals surface area contributed by atoms with Crippen LogP contribution in [0.3, 0.4) is 0 Å². The summed E-state index contributed by atoms with van der Waals surface area (Å²) in [6.07, 6.45) is 6.02. The quantitative estimate of drug-likeness (QED) is 0.660. The van der Waals surface area contributed by atoms with Crippen molar-refractivity contribution in [3.05, 3.63) is 50.9 Å². The Morgan fingerprint density at radius 2 is 2.12 bits per heavy atom. The van der Waals surface area contributed by atoms with Crippen LogP contribution in [0.25, 0.3) is 21.3 Å². The van der Waals surface area contributed by atoms with Crippen molar-refractivity contribution in [2.24, 2.45) is 0 Å². The molecule has 25 heavy (non-hydrogen) atoms. The van der Waals surface area contributed by atoms with Gasteiger partial charge in [0.05, 0.1) is 18.5 Å². The number of rotatable bonds is 5. The van der Waals surface area contributed by atoms with Crippen LogP contribution in [0, 0.1) is 26.2 Å². The van der Waals surface area contributed by atoms with Crippen molar-refractivity contribution in [3.63, 3.8) is 0 Å². The van der Waals surface area contributed by atoms with Crippen LogP contribution in [0.2, 0.25) is 0 Å². The zero-order chi connectivity index (χ0) is 18.0. The number of terminal acetylenes is 1. The van der Waals surface area contributed by atoms with Crippen molar-refractivity contribution in [1.82, 2.24) is 9.55 Å². The molecule has 2 heterocycles. The Balaban J connectivity index is 2.23. The van der Waals surface area contributed by atoms with Crippen LogP contribution in [0.5, 0.6) is 0 Å². The van der Waals surface area contributed by atoms with Gasteiger partial charge in [-0.25, -0.2) is 4.98 Å². The minimum absolute atomic E-state index is 0.0801. The van der Waals surface area contributed by atoms with Gasteiger partial charge in [0.1, 0.15) is 10.7 Å². The van der Waals surface area contributed by atoms with E-state index in [0.717, 1.165) is 16.0 Å². The number of nitrogens with zero attached hydrogens (tertiary/aromatic N) is 2. The maximum Gasteiger partial charge on any atom is 0.263 e. The van der Waals surface area contributed by atoms with Crippen LogP contribution in [0.1, 0.15) is 17.0 Å². The van der Waals surface area contributed by atoms with Gasteiger partial charge in [-0.05, 0) is 30.5 Å². The number of benzene rings is 1. The molecular formula is C20H20N2O2S. The molecule has 0 N–H and O–H groups in total. The van der Waals surface area contributed by atoms with Crippen LogP contribution >= 0.6 is 11.3 Å². The average Bonchev–Trinajstić information content (AvgIpc) is 3.02. The summed E-state index contributed by atoms with van der Waals surface area (Å²) in [5.41, 5.74) is 4.30. The molecule has 3 aromatic rings. The summed E-state index contributed by atoms with van der Waals surface area (Å²) >= 11 is 1.49. The zero-order valence-electron chi connectivity index (χ0n) is 14.6. The molecule has 0 bridgehead atoms. The highest BCUT2D eigenvalue weighted by molar-refractivity contribution is 7.17. The van der Waals surface area contributed by atoms with E-state index in [-0.39, 0.29) is 12.1 Å². The number of aryl methyl sites for hydroxylation is 2. The Bertz CT molecular complexity index is 1020. The number of ether oxygens (including phenoxy) is 1. The lowest BCUT2D eigenvalue weighted by atomic mass is 10.0. The molecule has 4 nitrogen and oxygen atoms in total. The molecule has 0 fully saturated rings. The summed E-state index contributed by atoms with van der Waals surface area (Å²) in [6.45, 7) is 4.86. The molecule has 0 amide bonds. The lowest BCUT2D eigenvalue weighted by molar-refractivity contribution is 0.199. The summed E-state index contributed by atoms with van der Waals surface area (Å²) in [7, 11) is 1.63. The standard InChI is InChI=1S/C20H20N2O2S/c1-5-9-22-17(8-10-24-4)21-19-18(20(22)23)16(12-25-19)15-7-6-13(2)14(3)11-15/h1,6-7,11-12H,8-10H2,2-4H3. The third-order valence-corrected chi connectivity index (χ3v) is 5.24. The Hall–Kier alpha value is -2.42. The van der Waals surface area contributed by atoms with Gasteiger partial charge >= 0.3 is 0 Å². The van der Waals surface area contributed by atoms with E-state index in [4.69, 9.17) is 11.2 Å². The van der Waals surface area contributed by atoms with Gasteiger partial charge in [0.2, 0.25) is 0 Å². The topological polar surface area (TPSA) is 44.1 Å². The Labute approximate surface area is 151 Å². The average molecular weight is 352 g/mol. The predicted molar refractivity (Wildman–Crippen MR) is 103 cm³/mol. The maximum atomic E-state index is 13.1. The number of fused-ring (bicyclic) bond motifs is 1. The summed E-state index contributed by atoms with van der Waals surface area (Å²) in [5, 5.41) is 2.65. The third kappa shape index (κ3) is 3.23. The smallest absolute Gasteiger partial charge is 0.263 e. The van der Waals surface area contributed by atoms with E-state index in [1.165, 1.54) is 22.5 Å². The van der Waals surface area contributed by atoms with Crippen molar-refractivity contribution in [3.8, 4) is 23.5 Å². The minimum atomic E-state index is -0.0801.